The summed E-state index contributed by atoms with van der Waals surface area (Å²) in [6.45, 7) is -8.54. The Labute approximate surface area is 200 Å². The highest BCUT2D eigenvalue weighted by Crippen LogP contribution is 2.46. The van der Waals surface area contributed by atoms with Crippen LogP contribution in [0, 0.1) is 41.2 Å². The Morgan fingerprint density at radius 2 is 0.861 bits per heavy atom. The summed E-state index contributed by atoms with van der Waals surface area (Å²) in [5.41, 5.74) is -5.87. The molecule has 0 rings (SSSR count). The summed E-state index contributed by atoms with van der Waals surface area (Å²) in [6.07, 6.45) is -5.66. The molecule has 18 nitrogen and oxygen atoms in total. The minimum absolute atomic E-state index is 1.09. The number of rotatable bonds is 20. The van der Waals surface area contributed by atoms with Crippen LogP contribution >= 0.6 is 0 Å². The fraction of sp³-hybridized carbons (Fsp3) is 0.667. The second kappa shape index (κ2) is 13.9. The summed E-state index contributed by atoms with van der Waals surface area (Å²) in [6, 6.07) is 0. The van der Waals surface area contributed by atoms with E-state index in [0.717, 1.165) is 0 Å². The Balaban J connectivity index is 6.81. The molecule has 0 unspecified atom stereocenters. The summed E-state index contributed by atoms with van der Waals surface area (Å²) in [4.78, 5) is 103. The molecule has 0 aliphatic heterocycles. The van der Waals surface area contributed by atoms with E-state index in [-0.39, 0.29) is 0 Å². The van der Waals surface area contributed by atoms with Gasteiger partial charge in [-0.2, -0.15) is 0 Å². The van der Waals surface area contributed by atoms with Crippen LogP contribution in [0.5, 0.6) is 0 Å². The second-order valence-electron chi connectivity index (χ2n) is 7.84. The molecule has 0 radical (unpaired) electrons. The van der Waals surface area contributed by atoms with Gasteiger partial charge in [0.1, 0.15) is 11.2 Å². The van der Waals surface area contributed by atoms with E-state index in [0.29, 0.717) is 0 Å². The molecule has 0 aliphatic rings. The van der Waals surface area contributed by atoms with Crippen molar-refractivity contribution >= 4 is 34.7 Å². The SMILES string of the molecule is O=C(CC(=O)CC(C(=O)CC(=O)C[N+](=O)[O-])(C(=O)CC(=O)C[N+](=O)[O-])C(CO)(CO)CO)C[N+](=O)[O-]. The first kappa shape index (κ1) is 32.1. The summed E-state index contributed by atoms with van der Waals surface area (Å²) in [7, 11) is 0. The maximum Gasteiger partial charge on any atom is 0.261 e. The predicted octanol–water partition coefficient (Wildman–Crippen LogP) is -3.26. The first-order valence-corrected chi connectivity index (χ1v) is 9.92. The third kappa shape index (κ3) is 8.40. The molecule has 18 heteroatoms. The molecular formula is C18H23N3O15. The number of carbonyl (C=O) groups excluding carboxylic acids is 6. The van der Waals surface area contributed by atoms with E-state index in [4.69, 9.17) is 0 Å². The minimum atomic E-state index is -3.17. The van der Waals surface area contributed by atoms with Crippen LogP contribution in [0.4, 0.5) is 0 Å². The van der Waals surface area contributed by atoms with Gasteiger partial charge in [0.2, 0.25) is 17.3 Å². The highest BCUT2D eigenvalue weighted by molar-refractivity contribution is 6.19. The zero-order valence-corrected chi connectivity index (χ0v) is 18.7. The third-order valence-corrected chi connectivity index (χ3v) is 5.25. The van der Waals surface area contributed by atoms with Crippen LogP contribution in [0.3, 0.4) is 0 Å². The molecular weight excluding hydrogens is 498 g/mol. The Kier molecular flexibility index (Phi) is 12.4. The molecule has 0 aromatic rings. The summed E-state index contributed by atoms with van der Waals surface area (Å²) in [5, 5.41) is 61.4. The van der Waals surface area contributed by atoms with Crippen molar-refractivity contribution in [2.24, 2.45) is 10.8 Å². The average Bonchev–Trinajstić information content (AvgIpc) is 2.71. The molecule has 0 saturated heterocycles. The van der Waals surface area contributed by atoms with E-state index in [1.807, 2.05) is 0 Å². The van der Waals surface area contributed by atoms with Gasteiger partial charge < -0.3 is 15.3 Å². The van der Waals surface area contributed by atoms with Crippen molar-refractivity contribution in [2.45, 2.75) is 25.7 Å². The van der Waals surface area contributed by atoms with Crippen LogP contribution in [0.15, 0.2) is 0 Å². The Morgan fingerprint density at radius 3 is 1.14 bits per heavy atom. The van der Waals surface area contributed by atoms with Gasteiger partial charge in [-0.05, 0) is 0 Å². The van der Waals surface area contributed by atoms with Crippen LogP contribution in [0.1, 0.15) is 25.7 Å². The second-order valence-corrected chi connectivity index (χ2v) is 7.84. The number of nitro groups is 3. The number of Topliss-reactive ketones (excluding diaryl/α,β-unsaturated/α-hetero) is 6. The molecule has 0 saturated carbocycles. The van der Waals surface area contributed by atoms with Crippen molar-refractivity contribution in [3.8, 4) is 0 Å². The lowest BCUT2D eigenvalue weighted by atomic mass is 9.55. The van der Waals surface area contributed by atoms with Crippen molar-refractivity contribution in [3.05, 3.63) is 30.3 Å². The van der Waals surface area contributed by atoms with Gasteiger partial charge in [0.15, 0.2) is 11.6 Å². The lowest BCUT2D eigenvalue weighted by Crippen LogP contribution is -2.60. The Morgan fingerprint density at radius 1 is 0.556 bits per heavy atom. The highest BCUT2D eigenvalue weighted by Gasteiger charge is 2.61. The molecule has 0 aromatic heterocycles. The molecule has 0 fully saturated rings. The number of aliphatic hydroxyl groups is 3. The van der Waals surface area contributed by atoms with Crippen molar-refractivity contribution in [2.75, 3.05) is 39.5 Å². The van der Waals surface area contributed by atoms with Crippen molar-refractivity contribution in [1.82, 2.24) is 0 Å². The van der Waals surface area contributed by atoms with E-state index in [9.17, 15) is 74.4 Å². The van der Waals surface area contributed by atoms with Gasteiger partial charge in [0.05, 0.1) is 44.5 Å². The Bertz CT molecular complexity index is 903. The average molecular weight is 521 g/mol. The monoisotopic (exact) mass is 521 g/mol. The van der Waals surface area contributed by atoms with Crippen LogP contribution in [-0.2, 0) is 28.8 Å². The van der Waals surface area contributed by atoms with Gasteiger partial charge >= 0.3 is 0 Å². The van der Waals surface area contributed by atoms with Crippen molar-refractivity contribution < 1.29 is 58.9 Å². The van der Waals surface area contributed by atoms with Gasteiger partial charge in [0, 0.05) is 21.2 Å². The molecule has 0 amide bonds. The van der Waals surface area contributed by atoms with E-state index in [1.165, 1.54) is 0 Å². The smallest absolute Gasteiger partial charge is 0.261 e. The topological polar surface area (TPSA) is 293 Å². The fourth-order valence-electron chi connectivity index (χ4n) is 3.52. The van der Waals surface area contributed by atoms with Crippen LogP contribution in [0.2, 0.25) is 0 Å². The zero-order valence-electron chi connectivity index (χ0n) is 18.7. The van der Waals surface area contributed by atoms with Crippen molar-refractivity contribution in [3.63, 3.8) is 0 Å². The number of hydrogen-bond donors (Lipinski definition) is 3. The standard InChI is InChI=1S/C18H23N3O15/c22-8-17(9-23,10-24)18(15(29)2-13(27)6-20(33)34,16(30)3-14(28)7-21(35)36)4-11(25)1-12(26)5-19(31)32/h22-24H,1-10H2. The zero-order chi connectivity index (χ0) is 28.3. The van der Waals surface area contributed by atoms with Crippen LogP contribution in [0.25, 0.3) is 0 Å². The van der Waals surface area contributed by atoms with Crippen molar-refractivity contribution in [1.29, 1.82) is 0 Å². The van der Waals surface area contributed by atoms with Crippen LogP contribution < -0.4 is 0 Å². The molecule has 0 spiro atoms. The van der Waals surface area contributed by atoms with Crippen LogP contribution in [-0.4, -0.2) is 104 Å². The largest absolute Gasteiger partial charge is 0.396 e. The van der Waals surface area contributed by atoms with E-state index in [2.05, 4.69) is 0 Å². The number of hydrogen-bond acceptors (Lipinski definition) is 15. The maximum atomic E-state index is 13.2. The van der Waals surface area contributed by atoms with Gasteiger partial charge in [-0.25, -0.2) is 0 Å². The molecule has 3 N–H and O–H groups in total. The number of carbonyl (C=O) groups is 6. The molecule has 36 heavy (non-hydrogen) atoms. The molecule has 0 aliphatic carbocycles. The lowest BCUT2D eigenvalue weighted by Gasteiger charge is -2.45. The minimum Gasteiger partial charge on any atom is -0.396 e. The summed E-state index contributed by atoms with van der Waals surface area (Å²) < 4.78 is 0. The van der Waals surface area contributed by atoms with Gasteiger partial charge in [-0.1, -0.05) is 0 Å². The fourth-order valence-corrected chi connectivity index (χ4v) is 3.52. The third-order valence-electron chi connectivity index (χ3n) is 5.25. The molecule has 0 aromatic carbocycles. The number of aliphatic hydroxyl groups excluding tert-OH is 3. The Hall–Kier alpha value is -3.90. The van der Waals surface area contributed by atoms with Gasteiger partial charge in [-0.15, -0.1) is 0 Å². The predicted molar refractivity (Wildman–Crippen MR) is 110 cm³/mol. The first-order chi connectivity index (χ1) is 16.6. The normalized spacial score (nSPS) is 11.4. The van der Waals surface area contributed by atoms with E-state index < -0.39 is 125 Å². The number of nitrogens with zero attached hydrogens (tertiary/aromatic N) is 3. The number of ketones is 6. The summed E-state index contributed by atoms with van der Waals surface area (Å²) in [5.74, 6) is -8.85. The van der Waals surface area contributed by atoms with E-state index >= 15 is 0 Å². The molecule has 200 valence electrons. The first-order valence-electron chi connectivity index (χ1n) is 9.92. The highest BCUT2D eigenvalue weighted by atomic mass is 16.6. The van der Waals surface area contributed by atoms with E-state index in [1.54, 1.807) is 0 Å². The van der Waals surface area contributed by atoms with Gasteiger partial charge in [0.25, 0.3) is 19.6 Å². The maximum absolute atomic E-state index is 13.2. The lowest BCUT2D eigenvalue weighted by molar-refractivity contribution is -0.467. The molecule has 0 bridgehead atoms. The molecule has 0 heterocycles. The molecule has 0 atom stereocenters. The summed E-state index contributed by atoms with van der Waals surface area (Å²) >= 11 is 0. The quantitative estimate of drug-likeness (QED) is 0.0804. The van der Waals surface area contributed by atoms with Gasteiger partial charge in [-0.3, -0.25) is 59.1 Å².